The Morgan fingerprint density at radius 2 is 2.29 bits per heavy atom. The second kappa shape index (κ2) is 6.07. The molecule has 2 heteroatoms. The van der Waals surface area contributed by atoms with Crippen LogP contribution in [0.3, 0.4) is 0 Å². The quantitative estimate of drug-likeness (QED) is 0.731. The van der Waals surface area contributed by atoms with Gasteiger partial charge in [0, 0.05) is 6.04 Å². The lowest BCUT2D eigenvalue weighted by Crippen LogP contribution is -2.37. The Hall–Kier alpha value is -0.500. The van der Waals surface area contributed by atoms with Gasteiger partial charge in [-0.1, -0.05) is 27.2 Å². The summed E-state index contributed by atoms with van der Waals surface area (Å²) >= 11 is 0. The molecule has 0 amide bonds. The number of ether oxygens (including phenoxy) is 1. The molecular formula is C12H23NO. The van der Waals surface area contributed by atoms with Crippen molar-refractivity contribution < 1.29 is 4.74 Å². The van der Waals surface area contributed by atoms with Crippen LogP contribution in [-0.2, 0) is 4.74 Å². The van der Waals surface area contributed by atoms with Crippen molar-refractivity contribution in [2.45, 2.75) is 46.1 Å². The Bertz CT molecular complexity index is 189. The SMILES string of the molecule is CCNC(C1=COCCC1)C(C)CC. The molecule has 0 bridgehead atoms. The van der Waals surface area contributed by atoms with E-state index in [9.17, 15) is 0 Å². The molecule has 14 heavy (non-hydrogen) atoms. The van der Waals surface area contributed by atoms with Crippen molar-refractivity contribution >= 4 is 0 Å². The van der Waals surface area contributed by atoms with Gasteiger partial charge in [-0.15, -0.1) is 0 Å². The second-order valence-corrected chi connectivity index (χ2v) is 4.09. The Morgan fingerprint density at radius 1 is 1.50 bits per heavy atom. The Labute approximate surface area is 87.7 Å². The van der Waals surface area contributed by atoms with E-state index < -0.39 is 0 Å². The molecule has 1 rings (SSSR count). The molecule has 0 saturated carbocycles. The molecular weight excluding hydrogens is 174 g/mol. The van der Waals surface area contributed by atoms with Crippen LogP contribution < -0.4 is 5.32 Å². The number of nitrogens with one attached hydrogen (secondary N) is 1. The van der Waals surface area contributed by atoms with Gasteiger partial charge in [-0.05, 0) is 30.9 Å². The lowest BCUT2D eigenvalue weighted by molar-refractivity contribution is 0.214. The van der Waals surface area contributed by atoms with Crippen LogP contribution in [-0.4, -0.2) is 19.2 Å². The van der Waals surface area contributed by atoms with E-state index in [1.54, 1.807) is 0 Å². The normalized spacial score (nSPS) is 20.9. The first-order chi connectivity index (χ1) is 6.79. The van der Waals surface area contributed by atoms with Gasteiger partial charge < -0.3 is 10.1 Å². The van der Waals surface area contributed by atoms with Crippen LogP contribution in [0.15, 0.2) is 11.8 Å². The highest BCUT2D eigenvalue weighted by atomic mass is 16.5. The van der Waals surface area contributed by atoms with E-state index in [1.807, 2.05) is 6.26 Å². The van der Waals surface area contributed by atoms with Gasteiger partial charge in [-0.3, -0.25) is 0 Å². The van der Waals surface area contributed by atoms with Crippen molar-refractivity contribution in [1.82, 2.24) is 5.32 Å². The zero-order chi connectivity index (χ0) is 10.4. The van der Waals surface area contributed by atoms with E-state index in [0.717, 1.165) is 13.2 Å². The van der Waals surface area contributed by atoms with Gasteiger partial charge >= 0.3 is 0 Å². The van der Waals surface area contributed by atoms with Gasteiger partial charge in [0.15, 0.2) is 0 Å². The van der Waals surface area contributed by atoms with Crippen molar-refractivity contribution in [3.8, 4) is 0 Å². The lowest BCUT2D eigenvalue weighted by Gasteiger charge is -2.28. The minimum atomic E-state index is 0.519. The smallest absolute Gasteiger partial charge is 0.0876 e. The van der Waals surface area contributed by atoms with Crippen LogP contribution in [0.5, 0.6) is 0 Å². The van der Waals surface area contributed by atoms with E-state index in [0.29, 0.717) is 12.0 Å². The number of rotatable bonds is 5. The predicted molar refractivity (Wildman–Crippen MR) is 60.2 cm³/mol. The fraction of sp³-hybridized carbons (Fsp3) is 0.833. The van der Waals surface area contributed by atoms with E-state index in [-0.39, 0.29) is 0 Å². The Balaban J connectivity index is 2.60. The standard InChI is InChI=1S/C12H23NO/c1-4-10(3)12(13-5-2)11-7-6-8-14-9-11/h9-10,12-13H,4-8H2,1-3H3. The first-order valence-electron chi connectivity index (χ1n) is 5.83. The van der Waals surface area contributed by atoms with Crippen molar-refractivity contribution in [3.63, 3.8) is 0 Å². The molecule has 1 heterocycles. The molecule has 0 aromatic heterocycles. The van der Waals surface area contributed by atoms with Gasteiger partial charge in [0.25, 0.3) is 0 Å². The van der Waals surface area contributed by atoms with Crippen molar-refractivity contribution in [3.05, 3.63) is 11.8 Å². The van der Waals surface area contributed by atoms with E-state index in [1.165, 1.54) is 24.8 Å². The number of likely N-dealkylation sites (N-methyl/N-ethyl adjacent to an activating group) is 1. The molecule has 0 aliphatic carbocycles. The fourth-order valence-electron chi connectivity index (χ4n) is 1.97. The summed E-state index contributed by atoms with van der Waals surface area (Å²) in [6.45, 7) is 8.65. The van der Waals surface area contributed by atoms with E-state index >= 15 is 0 Å². The van der Waals surface area contributed by atoms with Gasteiger partial charge in [0.1, 0.15) is 0 Å². The summed E-state index contributed by atoms with van der Waals surface area (Å²) in [6, 6.07) is 0.519. The predicted octanol–water partition coefficient (Wildman–Crippen LogP) is 2.70. The minimum absolute atomic E-state index is 0.519. The third kappa shape index (κ3) is 3.02. The van der Waals surface area contributed by atoms with Crippen molar-refractivity contribution in [1.29, 1.82) is 0 Å². The molecule has 0 saturated heterocycles. The van der Waals surface area contributed by atoms with Crippen LogP contribution in [0.4, 0.5) is 0 Å². The van der Waals surface area contributed by atoms with Gasteiger partial charge in [0.2, 0.25) is 0 Å². The van der Waals surface area contributed by atoms with Gasteiger partial charge in [-0.2, -0.15) is 0 Å². The van der Waals surface area contributed by atoms with Crippen LogP contribution >= 0.6 is 0 Å². The maximum atomic E-state index is 5.40. The Morgan fingerprint density at radius 3 is 2.79 bits per heavy atom. The lowest BCUT2D eigenvalue weighted by atomic mass is 9.90. The highest BCUT2D eigenvalue weighted by Crippen LogP contribution is 2.22. The Kier molecular flexibility index (Phi) is 5.02. The average Bonchev–Trinajstić information content (AvgIpc) is 2.26. The summed E-state index contributed by atoms with van der Waals surface area (Å²) < 4.78 is 5.40. The van der Waals surface area contributed by atoms with E-state index in [2.05, 4.69) is 26.1 Å². The number of hydrogen-bond acceptors (Lipinski definition) is 2. The molecule has 2 unspecified atom stereocenters. The molecule has 1 aliphatic heterocycles. The van der Waals surface area contributed by atoms with Crippen LogP contribution in [0.25, 0.3) is 0 Å². The minimum Gasteiger partial charge on any atom is -0.501 e. The summed E-state index contributed by atoms with van der Waals surface area (Å²) in [5.41, 5.74) is 1.45. The molecule has 2 atom stereocenters. The third-order valence-electron chi connectivity index (χ3n) is 3.00. The molecule has 0 aromatic rings. The maximum Gasteiger partial charge on any atom is 0.0876 e. The molecule has 82 valence electrons. The van der Waals surface area contributed by atoms with Crippen molar-refractivity contribution in [2.75, 3.05) is 13.2 Å². The zero-order valence-electron chi connectivity index (χ0n) is 9.68. The summed E-state index contributed by atoms with van der Waals surface area (Å²) in [5.74, 6) is 0.697. The van der Waals surface area contributed by atoms with Crippen LogP contribution in [0, 0.1) is 5.92 Å². The summed E-state index contributed by atoms with van der Waals surface area (Å²) in [4.78, 5) is 0. The molecule has 2 nitrogen and oxygen atoms in total. The first-order valence-corrected chi connectivity index (χ1v) is 5.83. The summed E-state index contributed by atoms with van der Waals surface area (Å²) in [5, 5.41) is 3.55. The molecule has 0 aromatic carbocycles. The van der Waals surface area contributed by atoms with Crippen LogP contribution in [0.1, 0.15) is 40.0 Å². The summed E-state index contributed by atoms with van der Waals surface area (Å²) in [7, 11) is 0. The van der Waals surface area contributed by atoms with Crippen molar-refractivity contribution in [2.24, 2.45) is 5.92 Å². The highest BCUT2D eigenvalue weighted by Gasteiger charge is 2.20. The van der Waals surface area contributed by atoms with Crippen LogP contribution in [0.2, 0.25) is 0 Å². The topological polar surface area (TPSA) is 21.3 Å². The van der Waals surface area contributed by atoms with Gasteiger partial charge in [-0.25, -0.2) is 0 Å². The third-order valence-corrected chi connectivity index (χ3v) is 3.00. The number of hydrogen-bond donors (Lipinski definition) is 1. The van der Waals surface area contributed by atoms with Gasteiger partial charge in [0.05, 0.1) is 12.9 Å². The molecule has 1 N–H and O–H groups in total. The highest BCUT2D eigenvalue weighted by molar-refractivity contribution is 5.11. The molecule has 0 radical (unpaired) electrons. The molecule has 0 spiro atoms. The second-order valence-electron chi connectivity index (χ2n) is 4.09. The molecule has 0 fully saturated rings. The maximum absolute atomic E-state index is 5.40. The largest absolute Gasteiger partial charge is 0.501 e. The summed E-state index contributed by atoms with van der Waals surface area (Å²) in [6.07, 6.45) is 5.56. The molecule has 1 aliphatic rings. The zero-order valence-corrected chi connectivity index (χ0v) is 9.68. The monoisotopic (exact) mass is 197 g/mol. The average molecular weight is 197 g/mol. The fourth-order valence-corrected chi connectivity index (χ4v) is 1.97. The first kappa shape index (κ1) is 11.6. The van der Waals surface area contributed by atoms with E-state index in [4.69, 9.17) is 4.74 Å².